The first-order valence-corrected chi connectivity index (χ1v) is 10.7. The topological polar surface area (TPSA) is 141 Å². The van der Waals surface area contributed by atoms with E-state index >= 15 is 0 Å². The fourth-order valence-corrected chi connectivity index (χ4v) is 3.41. The molecule has 0 saturated heterocycles. The normalized spacial score (nSPS) is 10.9. The lowest BCUT2D eigenvalue weighted by Crippen LogP contribution is -2.31. The van der Waals surface area contributed by atoms with E-state index in [1.54, 1.807) is 43.5 Å². The fourth-order valence-electron chi connectivity index (χ4n) is 3.41. The van der Waals surface area contributed by atoms with Gasteiger partial charge in [-0.1, -0.05) is 6.92 Å². The van der Waals surface area contributed by atoms with Crippen molar-refractivity contribution in [2.24, 2.45) is 0 Å². The zero-order valence-electron chi connectivity index (χ0n) is 18.6. The highest BCUT2D eigenvalue weighted by molar-refractivity contribution is 6.05. The first-order valence-electron chi connectivity index (χ1n) is 10.7. The molecule has 1 aromatic carbocycles. The summed E-state index contributed by atoms with van der Waals surface area (Å²) in [5.41, 5.74) is 0.670. The molecule has 3 aromatic heterocycles. The van der Waals surface area contributed by atoms with Crippen LogP contribution in [0.25, 0.3) is 16.7 Å². The molecule has 0 radical (unpaired) electrons. The maximum atomic E-state index is 12.7. The van der Waals surface area contributed by atoms with Crippen molar-refractivity contribution in [3.63, 3.8) is 0 Å². The molecule has 4 rings (SSSR count). The summed E-state index contributed by atoms with van der Waals surface area (Å²) in [6, 6.07) is 9.78. The van der Waals surface area contributed by atoms with Gasteiger partial charge in [0, 0.05) is 24.6 Å². The molecule has 0 spiro atoms. The summed E-state index contributed by atoms with van der Waals surface area (Å²) >= 11 is 0. The van der Waals surface area contributed by atoms with E-state index in [0.717, 1.165) is 0 Å². The molecule has 0 fully saturated rings. The van der Waals surface area contributed by atoms with E-state index in [-0.39, 0.29) is 28.9 Å². The van der Waals surface area contributed by atoms with Gasteiger partial charge in [-0.05, 0) is 49.7 Å². The number of nitrogens with zero attached hydrogens (tertiary/aromatic N) is 4. The van der Waals surface area contributed by atoms with Crippen LogP contribution in [0.3, 0.4) is 0 Å². The van der Waals surface area contributed by atoms with Gasteiger partial charge in [0.05, 0.1) is 23.2 Å². The third-order valence-corrected chi connectivity index (χ3v) is 5.01. The van der Waals surface area contributed by atoms with Crippen molar-refractivity contribution in [1.82, 2.24) is 24.3 Å². The highest BCUT2D eigenvalue weighted by atomic mass is 16.5. The maximum Gasteiger partial charge on any atom is 0.358 e. The van der Waals surface area contributed by atoms with Crippen LogP contribution in [0.5, 0.6) is 0 Å². The maximum absolute atomic E-state index is 12.7. The first kappa shape index (κ1) is 22.6. The minimum atomic E-state index is -0.597. The molecule has 0 unspecified atom stereocenters. The Morgan fingerprint density at radius 1 is 1.12 bits per heavy atom. The first-order chi connectivity index (χ1) is 16.4. The average Bonchev–Trinajstić information content (AvgIpc) is 3.33. The van der Waals surface area contributed by atoms with Gasteiger partial charge in [-0.15, -0.1) is 0 Å². The van der Waals surface area contributed by atoms with E-state index in [4.69, 9.17) is 4.74 Å². The van der Waals surface area contributed by atoms with Crippen LogP contribution in [0.4, 0.5) is 5.69 Å². The van der Waals surface area contributed by atoms with E-state index in [0.29, 0.717) is 24.3 Å². The van der Waals surface area contributed by atoms with Gasteiger partial charge >= 0.3 is 11.7 Å². The Balaban J connectivity index is 1.53. The molecule has 4 aromatic rings. The number of pyridine rings is 1. The number of aromatic nitrogens is 5. The fraction of sp³-hybridized carbons (Fsp3) is 0.217. The predicted octanol–water partition coefficient (Wildman–Crippen LogP) is 2.11. The molecular formula is C23H22N6O5. The standard InChI is InChI=1S/C23H22N6O5/c1-3-10-28-19-17(21(31)26-23(28)33)12-14(13-24-19)20(30)25-15-5-7-16(8-6-15)29-11-9-18(27-29)22(32)34-4-2/h5-9,11-13H,3-4,10H2,1-2H3,(H,25,30)(H,26,31,33). The Kier molecular flexibility index (Phi) is 6.35. The third kappa shape index (κ3) is 4.49. The third-order valence-electron chi connectivity index (χ3n) is 5.01. The van der Waals surface area contributed by atoms with Gasteiger partial charge in [-0.3, -0.25) is 19.1 Å². The van der Waals surface area contributed by atoms with Gasteiger partial charge in [-0.2, -0.15) is 5.10 Å². The summed E-state index contributed by atoms with van der Waals surface area (Å²) in [4.78, 5) is 55.3. The van der Waals surface area contributed by atoms with Crippen LogP contribution >= 0.6 is 0 Å². The number of rotatable bonds is 7. The van der Waals surface area contributed by atoms with E-state index in [1.165, 1.54) is 21.5 Å². The van der Waals surface area contributed by atoms with Crippen molar-refractivity contribution >= 4 is 28.6 Å². The molecule has 0 aliphatic rings. The lowest BCUT2D eigenvalue weighted by molar-refractivity contribution is 0.0519. The smallest absolute Gasteiger partial charge is 0.358 e. The van der Waals surface area contributed by atoms with Gasteiger partial charge in [0.1, 0.15) is 5.65 Å². The molecule has 2 N–H and O–H groups in total. The summed E-state index contributed by atoms with van der Waals surface area (Å²) in [6.45, 7) is 4.29. The van der Waals surface area contributed by atoms with Crippen LogP contribution in [-0.4, -0.2) is 42.8 Å². The summed E-state index contributed by atoms with van der Waals surface area (Å²) < 4.78 is 7.83. The van der Waals surface area contributed by atoms with Gasteiger partial charge in [0.15, 0.2) is 5.69 Å². The number of hydrogen-bond acceptors (Lipinski definition) is 7. The Morgan fingerprint density at radius 3 is 2.59 bits per heavy atom. The number of anilines is 1. The number of carbonyl (C=O) groups is 2. The van der Waals surface area contributed by atoms with E-state index in [9.17, 15) is 19.2 Å². The van der Waals surface area contributed by atoms with E-state index in [1.807, 2.05) is 6.92 Å². The molecule has 1 amide bonds. The number of hydrogen-bond donors (Lipinski definition) is 2. The summed E-state index contributed by atoms with van der Waals surface area (Å²) in [5, 5.41) is 7.10. The minimum absolute atomic E-state index is 0.159. The van der Waals surface area contributed by atoms with E-state index in [2.05, 4.69) is 20.4 Å². The van der Waals surface area contributed by atoms with Crippen molar-refractivity contribution in [2.75, 3.05) is 11.9 Å². The van der Waals surface area contributed by atoms with Crippen molar-refractivity contribution < 1.29 is 14.3 Å². The molecular weight excluding hydrogens is 440 g/mol. The van der Waals surface area contributed by atoms with Crippen molar-refractivity contribution in [3.8, 4) is 5.69 Å². The van der Waals surface area contributed by atoms with Crippen molar-refractivity contribution in [1.29, 1.82) is 0 Å². The molecule has 0 bridgehead atoms. The monoisotopic (exact) mass is 462 g/mol. The number of ether oxygens (including phenoxy) is 1. The van der Waals surface area contributed by atoms with Gasteiger partial charge in [0.25, 0.3) is 11.5 Å². The molecule has 3 heterocycles. The highest BCUT2D eigenvalue weighted by Crippen LogP contribution is 2.16. The van der Waals surface area contributed by atoms with Crippen molar-refractivity contribution in [3.05, 3.63) is 80.9 Å². The number of fused-ring (bicyclic) bond motifs is 1. The number of amides is 1. The second-order valence-corrected chi connectivity index (χ2v) is 7.37. The zero-order chi connectivity index (χ0) is 24.2. The largest absolute Gasteiger partial charge is 0.461 e. The molecule has 11 nitrogen and oxygen atoms in total. The Morgan fingerprint density at radius 2 is 1.88 bits per heavy atom. The number of aromatic amines is 1. The molecule has 0 aliphatic carbocycles. The molecule has 34 heavy (non-hydrogen) atoms. The van der Waals surface area contributed by atoms with E-state index < -0.39 is 23.1 Å². The van der Waals surface area contributed by atoms with Crippen LogP contribution in [0.15, 0.2) is 58.4 Å². The van der Waals surface area contributed by atoms with Crippen LogP contribution in [0.1, 0.15) is 41.1 Å². The Labute approximate surface area is 193 Å². The molecule has 0 atom stereocenters. The number of carbonyl (C=O) groups excluding carboxylic acids is 2. The lowest BCUT2D eigenvalue weighted by Gasteiger charge is -2.09. The summed E-state index contributed by atoms with van der Waals surface area (Å²) in [6.07, 6.45) is 3.65. The Bertz CT molecular complexity index is 1480. The van der Waals surface area contributed by atoms with Gasteiger partial charge in [0.2, 0.25) is 0 Å². The predicted molar refractivity (Wildman–Crippen MR) is 124 cm³/mol. The lowest BCUT2D eigenvalue weighted by atomic mass is 10.2. The summed E-state index contributed by atoms with van der Waals surface area (Å²) in [5.74, 6) is -0.960. The SMILES string of the molecule is CCCn1c(=O)[nH]c(=O)c2cc(C(=O)Nc3ccc(-n4ccc(C(=O)OCC)n4)cc3)cnc21. The van der Waals surface area contributed by atoms with Crippen LogP contribution in [-0.2, 0) is 11.3 Å². The Hall–Kier alpha value is -4.54. The number of benzene rings is 1. The quantitative estimate of drug-likeness (QED) is 0.401. The summed E-state index contributed by atoms with van der Waals surface area (Å²) in [7, 11) is 0. The number of esters is 1. The second-order valence-electron chi connectivity index (χ2n) is 7.37. The number of H-pyrrole nitrogens is 1. The van der Waals surface area contributed by atoms with Crippen molar-refractivity contribution in [2.45, 2.75) is 26.8 Å². The minimum Gasteiger partial charge on any atom is -0.461 e. The number of nitrogens with one attached hydrogen (secondary N) is 2. The molecule has 11 heteroatoms. The highest BCUT2D eigenvalue weighted by Gasteiger charge is 2.14. The zero-order valence-corrected chi connectivity index (χ0v) is 18.6. The average molecular weight is 462 g/mol. The number of aryl methyl sites for hydroxylation is 1. The van der Waals surface area contributed by atoms with Gasteiger partial charge in [-0.25, -0.2) is 19.3 Å². The second kappa shape index (κ2) is 9.53. The molecule has 0 saturated carbocycles. The van der Waals surface area contributed by atoms with Gasteiger partial charge < -0.3 is 10.1 Å². The molecule has 174 valence electrons. The van der Waals surface area contributed by atoms with Crippen LogP contribution in [0, 0.1) is 0 Å². The van der Waals surface area contributed by atoms with Crippen LogP contribution < -0.4 is 16.6 Å². The van der Waals surface area contributed by atoms with Crippen LogP contribution in [0.2, 0.25) is 0 Å². The molecule has 0 aliphatic heterocycles.